The summed E-state index contributed by atoms with van der Waals surface area (Å²) < 4.78 is 42.3. The predicted octanol–water partition coefficient (Wildman–Crippen LogP) is 1.17. The molecule has 1 amide bonds. The highest BCUT2D eigenvalue weighted by Gasteiger charge is 2.32. The fourth-order valence-electron chi connectivity index (χ4n) is 2.45. The average Bonchev–Trinajstić information content (AvgIpc) is 2.61. The molecule has 0 saturated carbocycles. The second-order valence-corrected chi connectivity index (χ2v) is 7.01. The number of ether oxygens (including phenoxy) is 3. The van der Waals surface area contributed by atoms with E-state index in [0.29, 0.717) is 12.4 Å². The Balaban J connectivity index is 2.19. The van der Waals surface area contributed by atoms with Gasteiger partial charge in [0.15, 0.2) is 0 Å². The van der Waals surface area contributed by atoms with Crippen LogP contribution in [0.2, 0.25) is 0 Å². The van der Waals surface area contributed by atoms with Crippen LogP contribution >= 0.6 is 0 Å². The van der Waals surface area contributed by atoms with Gasteiger partial charge in [0.1, 0.15) is 16.4 Å². The molecular weight excluding hydrogens is 336 g/mol. The summed E-state index contributed by atoms with van der Waals surface area (Å²) >= 11 is 0. The molecule has 0 unspecified atom stereocenters. The monoisotopic (exact) mass is 358 g/mol. The minimum absolute atomic E-state index is 0.0499. The summed E-state index contributed by atoms with van der Waals surface area (Å²) in [5, 5.41) is 0. The number of benzene rings is 1. The van der Waals surface area contributed by atoms with Crippen LogP contribution in [0, 0.1) is 0 Å². The van der Waals surface area contributed by atoms with Gasteiger partial charge in [-0.25, -0.2) is 13.2 Å². The third-order valence-electron chi connectivity index (χ3n) is 3.75. The van der Waals surface area contributed by atoms with Gasteiger partial charge in [0, 0.05) is 32.2 Å². The molecule has 0 spiro atoms. The van der Waals surface area contributed by atoms with E-state index >= 15 is 0 Å². The minimum atomic E-state index is -3.75. The number of amides is 1. The molecule has 1 fully saturated rings. The summed E-state index contributed by atoms with van der Waals surface area (Å²) in [5.74, 6) is 0.683. The first-order valence-electron chi connectivity index (χ1n) is 7.58. The van der Waals surface area contributed by atoms with Crippen molar-refractivity contribution in [2.24, 2.45) is 0 Å². The Bertz CT molecular complexity index is 683. The Kier molecular flexibility index (Phi) is 5.89. The number of sulfonamides is 1. The Morgan fingerprint density at radius 2 is 1.79 bits per heavy atom. The van der Waals surface area contributed by atoms with Gasteiger partial charge in [0.25, 0.3) is 0 Å². The maximum Gasteiger partial charge on any atom is 0.409 e. The lowest BCUT2D eigenvalue weighted by Gasteiger charge is -2.33. The number of carbonyl (C=O) groups is 1. The molecule has 0 radical (unpaired) electrons. The van der Waals surface area contributed by atoms with Crippen molar-refractivity contribution in [1.82, 2.24) is 9.21 Å². The van der Waals surface area contributed by atoms with Gasteiger partial charge in [0.2, 0.25) is 10.0 Å². The molecule has 0 atom stereocenters. The minimum Gasteiger partial charge on any atom is -0.497 e. The molecule has 134 valence electrons. The number of piperazine rings is 1. The van der Waals surface area contributed by atoms with Gasteiger partial charge in [0.05, 0.1) is 20.8 Å². The van der Waals surface area contributed by atoms with Crippen molar-refractivity contribution < 1.29 is 27.4 Å². The van der Waals surface area contributed by atoms with Crippen molar-refractivity contribution in [2.45, 2.75) is 11.8 Å². The predicted molar refractivity (Wildman–Crippen MR) is 86.9 cm³/mol. The van der Waals surface area contributed by atoms with Gasteiger partial charge in [-0.3, -0.25) is 0 Å². The molecule has 24 heavy (non-hydrogen) atoms. The number of hydrogen-bond acceptors (Lipinski definition) is 6. The quantitative estimate of drug-likeness (QED) is 0.785. The van der Waals surface area contributed by atoms with E-state index in [2.05, 4.69) is 0 Å². The molecule has 1 saturated heterocycles. The molecule has 1 aliphatic rings. The molecule has 1 aromatic carbocycles. The summed E-state index contributed by atoms with van der Waals surface area (Å²) in [5.41, 5.74) is 0. The Morgan fingerprint density at radius 1 is 1.12 bits per heavy atom. The lowest BCUT2D eigenvalue weighted by molar-refractivity contribution is 0.0934. The van der Waals surface area contributed by atoms with Crippen molar-refractivity contribution in [3.63, 3.8) is 0 Å². The molecular formula is C15H22N2O6S. The SMILES string of the molecule is CCOC(=O)N1CCN(S(=O)(=O)c2cc(OC)ccc2OC)CC1. The smallest absolute Gasteiger partial charge is 0.409 e. The van der Waals surface area contributed by atoms with E-state index in [4.69, 9.17) is 14.2 Å². The van der Waals surface area contributed by atoms with Gasteiger partial charge in [-0.2, -0.15) is 4.31 Å². The van der Waals surface area contributed by atoms with Crippen molar-refractivity contribution in [2.75, 3.05) is 47.0 Å². The molecule has 9 heteroatoms. The van der Waals surface area contributed by atoms with Crippen LogP contribution in [0.25, 0.3) is 0 Å². The van der Waals surface area contributed by atoms with Crippen LogP contribution in [0.5, 0.6) is 11.5 Å². The van der Waals surface area contributed by atoms with E-state index in [1.807, 2.05) is 0 Å². The van der Waals surface area contributed by atoms with Crippen molar-refractivity contribution >= 4 is 16.1 Å². The van der Waals surface area contributed by atoms with Gasteiger partial charge in [-0.1, -0.05) is 0 Å². The largest absolute Gasteiger partial charge is 0.497 e. The molecule has 0 aliphatic carbocycles. The van der Waals surface area contributed by atoms with Gasteiger partial charge in [-0.05, 0) is 19.1 Å². The van der Waals surface area contributed by atoms with Gasteiger partial charge < -0.3 is 19.1 Å². The van der Waals surface area contributed by atoms with Crippen LogP contribution in [0.1, 0.15) is 6.92 Å². The highest BCUT2D eigenvalue weighted by molar-refractivity contribution is 7.89. The molecule has 1 heterocycles. The average molecular weight is 358 g/mol. The second kappa shape index (κ2) is 7.71. The summed E-state index contributed by atoms with van der Waals surface area (Å²) in [6, 6.07) is 4.63. The number of nitrogens with zero attached hydrogens (tertiary/aromatic N) is 2. The third-order valence-corrected chi connectivity index (χ3v) is 5.67. The Labute approximate surface area is 141 Å². The molecule has 8 nitrogen and oxygen atoms in total. The number of methoxy groups -OCH3 is 2. The highest BCUT2D eigenvalue weighted by atomic mass is 32.2. The third kappa shape index (κ3) is 3.73. The van der Waals surface area contributed by atoms with Crippen molar-refractivity contribution in [3.8, 4) is 11.5 Å². The summed E-state index contributed by atoms with van der Waals surface area (Å²) in [4.78, 5) is 13.3. The van der Waals surface area contributed by atoms with Crippen LogP contribution in [0.15, 0.2) is 23.1 Å². The van der Waals surface area contributed by atoms with Crippen LogP contribution in [-0.4, -0.2) is 70.7 Å². The second-order valence-electron chi connectivity index (χ2n) is 5.11. The highest BCUT2D eigenvalue weighted by Crippen LogP contribution is 2.31. The van der Waals surface area contributed by atoms with E-state index in [0.717, 1.165) is 0 Å². The molecule has 2 rings (SSSR count). The molecule has 0 N–H and O–H groups in total. The van der Waals surface area contributed by atoms with E-state index in [9.17, 15) is 13.2 Å². The van der Waals surface area contributed by atoms with E-state index < -0.39 is 16.1 Å². The topological polar surface area (TPSA) is 85.4 Å². The lowest BCUT2D eigenvalue weighted by atomic mass is 10.3. The number of hydrogen-bond donors (Lipinski definition) is 0. The van der Waals surface area contributed by atoms with Crippen LogP contribution in [0.4, 0.5) is 4.79 Å². The fraction of sp³-hybridized carbons (Fsp3) is 0.533. The van der Waals surface area contributed by atoms with E-state index in [1.54, 1.807) is 19.1 Å². The zero-order valence-electron chi connectivity index (χ0n) is 14.0. The molecule has 0 bridgehead atoms. The van der Waals surface area contributed by atoms with Crippen LogP contribution in [-0.2, 0) is 14.8 Å². The van der Waals surface area contributed by atoms with Crippen LogP contribution in [0.3, 0.4) is 0 Å². The first-order chi connectivity index (χ1) is 11.4. The molecule has 0 aromatic heterocycles. The fourth-order valence-corrected chi connectivity index (χ4v) is 4.04. The zero-order chi connectivity index (χ0) is 17.7. The number of rotatable bonds is 5. The van der Waals surface area contributed by atoms with E-state index in [-0.39, 0.29) is 36.8 Å². The van der Waals surface area contributed by atoms with E-state index in [1.165, 1.54) is 29.5 Å². The van der Waals surface area contributed by atoms with Crippen molar-refractivity contribution in [3.05, 3.63) is 18.2 Å². The molecule has 1 aromatic rings. The van der Waals surface area contributed by atoms with Crippen molar-refractivity contribution in [1.29, 1.82) is 0 Å². The maximum atomic E-state index is 12.9. The first-order valence-corrected chi connectivity index (χ1v) is 9.02. The van der Waals surface area contributed by atoms with Gasteiger partial charge in [-0.15, -0.1) is 0 Å². The maximum absolute atomic E-state index is 12.9. The first kappa shape index (κ1) is 18.3. The standard InChI is InChI=1S/C15H22N2O6S/c1-4-23-15(18)16-7-9-17(10-8-16)24(19,20)14-11-12(21-2)5-6-13(14)22-3/h5-6,11H,4,7-10H2,1-3H3. The zero-order valence-corrected chi connectivity index (χ0v) is 14.8. The van der Waals surface area contributed by atoms with Gasteiger partial charge >= 0.3 is 6.09 Å². The summed E-state index contributed by atoms with van der Waals surface area (Å²) in [6.07, 6.45) is -0.423. The Hall–Kier alpha value is -2.00. The molecule has 1 aliphatic heterocycles. The van der Waals surface area contributed by atoms with Crippen LogP contribution < -0.4 is 9.47 Å². The normalized spacial score (nSPS) is 15.9. The summed E-state index contributed by atoms with van der Waals surface area (Å²) in [6.45, 7) is 2.98. The number of carbonyl (C=O) groups excluding carboxylic acids is 1. The summed E-state index contributed by atoms with van der Waals surface area (Å²) in [7, 11) is -0.864. The Morgan fingerprint density at radius 3 is 2.33 bits per heavy atom. The lowest BCUT2D eigenvalue weighted by Crippen LogP contribution is -2.50.